The van der Waals surface area contributed by atoms with E-state index in [2.05, 4.69) is 11.9 Å². The van der Waals surface area contributed by atoms with Crippen LogP contribution >= 0.6 is 0 Å². The number of carboxylic acids is 1. The van der Waals surface area contributed by atoms with Gasteiger partial charge in [0.05, 0.1) is 12.7 Å². The fourth-order valence-corrected chi connectivity index (χ4v) is 1.84. The van der Waals surface area contributed by atoms with Crippen LogP contribution in [0.4, 0.5) is 4.79 Å². The molecule has 0 aliphatic heterocycles. The van der Waals surface area contributed by atoms with Gasteiger partial charge in [0.1, 0.15) is 5.60 Å². The summed E-state index contributed by atoms with van der Waals surface area (Å²) in [5.41, 5.74) is 0.328. The maximum absolute atomic E-state index is 11.7. The van der Waals surface area contributed by atoms with E-state index in [0.717, 1.165) is 18.4 Å². The van der Waals surface area contributed by atoms with Crippen molar-refractivity contribution in [1.82, 2.24) is 5.32 Å². The van der Waals surface area contributed by atoms with Gasteiger partial charge in [-0.15, -0.1) is 0 Å². The van der Waals surface area contributed by atoms with Crippen LogP contribution in [-0.2, 0) is 14.3 Å². The van der Waals surface area contributed by atoms with Crippen molar-refractivity contribution in [3.8, 4) is 0 Å². The highest BCUT2D eigenvalue weighted by Gasteiger charge is 2.29. The molecular weight excluding hydrogens is 322 g/mol. The zero-order valence-electron chi connectivity index (χ0n) is 16.7. The Morgan fingerprint density at radius 3 is 2.24 bits per heavy atom. The van der Waals surface area contributed by atoms with Crippen LogP contribution in [0, 0.1) is 0 Å². The lowest BCUT2D eigenvalue weighted by Crippen LogP contribution is -2.50. The van der Waals surface area contributed by atoms with E-state index in [-0.39, 0.29) is 0 Å². The second kappa shape index (κ2) is 13.5. The highest BCUT2D eigenvalue weighted by molar-refractivity contribution is 5.80. The number of ether oxygens (including phenoxy) is 2. The molecule has 0 saturated carbocycles. The predicted molar refractivity (Wildman–Crippen MR) is 101 cm³/mol. The second-order valence-electron chi connectivity index (χ2n) is 6.29. The molecule has 25 heavy (non-hydrogen) atoms. The van der Waals surface area contributed by atoms with Gasteiger partial charge < -0.3 is 19.9 Å². The summed E-state index contributed by atoms with van der Waals surface area (Å²) < 4.78 is 10.7. The van der Waals surface area contributed by atoms with E-state index in [0.29, 0.717) is 6.61 Å². The number of carbonyl (C=O) groups excluding carboxylic acids is 1. The summed E-state index contributed by atoms with van der Waals surface area (Å²) in [6, 6.07) is -1.18. The SMILES string of the molecule is C=C/C=C(\CCC)COC(C)C(NC(=O)OC(C)(C)C)C(=O)O.CC. The number of carboxylic acid groups (broad SMARTS) is 1. The number of hydrogen-bond donors (Lipinski definition) is 2. The smallest absolute Gasteiger partial charge is 0.408 e. The van der Waals surface area contributed by atoms with Crippen LogP contribution in [0.25, 0.3) is 0 Å². The molecule has 0 aliphatic rings. The number of hydrogen-bond acceptors (Lipinski definition) is 4. The Labute approximate surface area is 152 Å². The van der Waals surface area contributed by atoms with Gasteiger partial charge in [-0.2, -0.15) is 0 Å². The lowest BCUT2D eigenvalue weighted by Gasteiger charge is -2.25. The molecule has 0 fully saturated rings. The molecule has 2 atom stereocenters. The number of alkyl carbamates (subject to hydrolysis) is 1. The monoisotopic (exact) mass is 357 g/mol. The lowest BCUT2D eigenvalue weighted by molar-refractivity contribution is -0.143. The quantitative estimate of drug-likeness (QED) is 0.601. The third kappa shape index (κ3) is 13.2. The van der Waals surface area contributed by atoms with Crippen LogP contribution in [0.3, 0.4) is 0 Å². The number of rotatable bonds is 9. The molecule has 2 unspecified atom stereocenters. The number of nitrogens with one attached hydrogen (secondary N) is 1. The standard InChI is InChI=1S/C17H29NO5.C2H6/c1-7-9-13(10-8-2)11-22-12(3)14(15(19)20)18-16(21)23-17(4,5)6;1-2/h7,9,12,14H,1,8,10-11H2,2-6H3,(H,18,21)(H,19,20);1-2H3/b13-9+;. The van der Waals surface area contributed by atoms with Gasteiger partial charge in [-0.1, -0.05) is 45.9 Å². The van der Waals surface area contributed by atoms with Crippen LogP contribution in [0.1, 0.15) is 61.3 Å². The Kier molecular flexibility index (Phi) is 13.7. The second-order valence-corrected chi connectivity index (χ2v) is 6.29. The first-order valence-corrected chi connectivity index (χ1v) is 8.75. The highest BCUT2D eigenvalue weighted by Crippen LogP contribution is 2.11. The average Bonchev–Trinajstić information content (AvgIpc) is 2.50. The van der Waals surface area contributed by atoms with Crippen molar-refractivity contribution < 1.29 is 24.2 Å². The van der Waals surface area contributed by atoms with Crippen molar-refractivity contribution >= 4 is 12.1 Å². The minimum Gasteiger partial charge on any atom is -0.480 e. The minimum absolute atomic E-state index is 0.292. The first kappa shape index (κ1) is 25.4. The fourth-order valence-electron chi connectivity index (χ4n) is 1.84. The summed E-state index contributed by atoms with van der Waals surface area (Å²) in [6.07, 6.45) is 3.84. The van der Waals surface area contributed by atoms with Gasteiger partial charge >= 0.3 is 12.1 Å². The topological polar surface area (TPSA) is 84.9 Å². The lowest BCUT2D eigenvalue weighted by atomic mass is 10.1. The van der Waals surface area contributed by atoms with Crippen molar-refractivity contribution in [2.24, 2.45) is 0 Å². The van der Waals surface area contributed by atoms with Gasteiger partial charge in [-0.25, -0.2) is 9.59 Å². The van der Waals surface area contributed by atoms with Crippen molar-refractivity contribution in [2.75, 3.05) is 6.61 Å². The molecule has 0 aliphatic carbocycles. The van der Waals surface area contributed by atoms with Crippen molar-refractivity contribution in [3.63, 3.8) is 0 Å². The Balaban J connectivity index is 0. The molecule has 0 saturated heterocycles. The van der Waals surface area contributed by atoms with Gasteiger partial charge in [0.2, 0.25) is 0 Å². The van der Waals surface area contributed by atoms with Crippen molar-refractivity contribution in [1.29, 1.82) is 0 Å². The molecule has 146 valence electrons. The third-order valence-corrected chi connectivity index (χ3v) is 2.86. The third-order valence-electron chi connectivity index (χ3n) is 2.86. The molecule has 0 radical (unpaired) electrons. The Morgan fingerprint density at radius 1 is 1.28 bits per heavy atom. The first-order valence-electron chi connectivity index (χ1n) is 8.75. The summed E-state index contributed by atoms with van der Waals surface area (Å²) in [4.78, 5) is 23.1. The molecule has 0 aromatic carbocycles. The van der Waals surface area contributed by atoms with Crippen LogP contribution < -0.4 is 5.32 Å². The van der Waals surface area contributed by atoms with E-state index in [1.807, 2.05) is 26.8 Å². The van der Waals surface area contributed by atoms with Gasteiger partial charge in [0, 0.05) is 0 Å². The van der Waals surface area contributed by atoms with Gasteiger partial charge in [-0.3, -0.25) is 0 Å². The zero-order chi connectivity index (χ0) is 20.0. The number of carbonyl (C=O) groups is 2. The van der Waals surface area contributed by atoms with Crippen molar-refractivity contribution in [3.05, 3.63) is 24.3 Å². The molecule has 6 heteroatoms. The Hall–Kier alpha value is -1.82. The number of aliphatic carboxylic acids is 1. The predicted octanol–water partition coefficient (Wildman–Crippen LogP) is 4.31. The summed E-state index contributed by atoms with van der Waals surface area (Å²) in [7, 11) is 0. The van der Waals surface area contributed by atoms with Gasteiger partial charge in [0.25, 0.3) is 0 Å². The molecule has 0 heterocycles. The minimum atomic E-state index is -1.18. The van der Waals surface area contributed by atoms with Crippen LogP contribution in [0.5, 0.6) is 0 Å². The Bertz CT molecular complexity index is 438. The van der Waals surface area contributed by atoms with E-state index in [9.17, 15) is 14.7 Å². The fraction of sp³-hybridized carbons (Fsp3) is 0.684. The van der Waals surface area contributed by atoms with Crippen molar-refractivity contribution in [2.45, 2.75) is 79.1 Å². The number of allylic oxidation sites excluding steroid dienone is 2. The average molecular weight is 357 g/mol. The summed E-state index contributed by atoms with van der Waals surface area (Å²) in [6.45, 7) is 16.7. The van der Waals surface area contributed by atoms with E-state index in [1.165, 1.54) is 0 Å². The molecule has 0 spiro atoms. The van der Waals surface area contributed by atoms with Gasteiger partial charge in [-0.05, 0) is 39.7 Å². The highest BCUT2D eigenvalue weighted by atomic mass is 16.6. The largest absolute Gasteiger partial charge is 0.480 e. The number of amides is 1. The molecule has 0 aromatic heterocycles. The van der Waals surface area contributed by atoms with E-state index < -0.39 is 29.8 Å². The zero-order valence-corrected chi connectivity index (χ0v) is 16.7. The van der Waals surface area contributed by atoms with E-state index in [4.69, 9.17) is 9.47 Å². The first-order chi connectivity index (χ1) is 11.6. The van der Waals surface area contributed by atoms with Crippen LogP contribution in [-0.4, -0.2) is 41.5 Å². The molecule has 6 nitrogen and oxygen atoms in total. The van der Waals surface area contributed by atoms with Gasteiger partial charge in [0.15, 0.2) is 6.04 Å². The molecule has 0 bridgehead atoms. The maximum Gasteiger partial charge on any atom is 0.408 e. The van der Waals surface area contributed by atoms with E-state index >= 15 is 0 Å². The summed E-state index contributed by atoms with van der Waals surface area (Å²) in [5, 5.41) is 11.6. The maximum atomic E-state index is 11.7. The molecular formula is C19H35NO5. The molecule has 0 rings (SSSR count). The molecule has 1 amide bonds. The summed E-state index contributed by atoms with van der Waals surface area (Å²) >= 11 is 0. The molecule has 2 N–H and O–H groups in total. The molecule has 0 aromatic rings. The van der Waals surface area contributed by atoms with Crippen LogP contribution in [0.2, 0.25) is 0 Å². The van der Waals surface area contributed by atoms with E-state index in [1.54, 1.807) is 33.8 Å². The Morgan fingerprint density at radius 2 is 1.84 bits per heavy atom. The van der Waals surface area contributed by atoms with Crippen LogP contribution in [0.15, 0.2) is 24.3 Å². The summed E-state index contributed by atoms with van der Waals surface area (Å²) in [5.74, 6) is -1.17. The normalized spacial score (nSPS) is 13.8.